The Labute approximate surface area is 327 Å². The van der Waals surface area contributed by atoms with Gasteiger partial charge in [-0.05, 0) is 117 Å². The van der Waals surface area contributed by atoms with Crippen LogP contribution in [0.15, 0.2) is 200 Å². The molecule has 2 heterocycles. The Hall–Kier alpha value is -6.52. The number of thiophene rings is 2. The van der Waals surface area contributed by atoms with Crippen molar-refractivity contribution >= 4 is 90.9 Å². The summed E-state index contributed by atoms with van der Waals surface area (Å²) in [5.41, 5.74) is 10.6. The molecule has 9 aromatic carbocycles. The molecule has 1 nitrogen and oxygen atoms in total. The zero-order valence-electron chi connectivity index (χ0n) is 29.8. The quantitative estimate of drug-likeness (QED) is 0.164. The van der Waals surface area contributed by atoms with Gasteiger partial charge in [-0.3, -0.25) is 0 Å². The van der Waals surface area contributed by atoms with Crippen LogP contribution >= 0.6 is 22.7 Å². The third-order valence-electron chi connectivity index (χ3n) is 10.8. The fourth-order valence-electron chi connectivity index (χ4n) is 8.08. The molecule has 0 saturated heterocycles. The molecular formula is C52H33NS2. The van der Waals surface area contributed by atoms with Gasteiger partial charge in [0.2, 0.25) is 0 Å². The van der Waals surface area contributed by atoms with Crippen LogP contribution in [0.25, 0.3) is 84.5 Å². The van der Waals surface area contributed by atoms with E-state index in [0.717, 1.165) is 17.1 Å². The van der Waals surface area contributed by atoms with Crippen molar-refractivity contribution in [2.45, 2.75) is 0 Å². The first kappa shape index (κ1) is 32.0. The van der Waals surface area contributed by atoms with Crippen LogP contribution in [0.3, 0.4) is 0 Å². The highest BCUT2D eigenvalue weighted by Crippen LogP contribution is 2.42. The highest BCUT2D eigenvalue weighted by atomic mass is 32.1. The van der Waals surface area contributed by atoms with E-state index in [0.29, 0.717) is 0 Å². The molecule has 258 valence electrons. The first-order chi connectivity index (χ1) is 27.2. The molecule has 0 spiro atoms. The van der Waals surface area contributed by atoms with Gasteiger partial charge in [-0.25, -0.2) is 0 Å². The fraction of sp³-hybridized carbons (Fsp3) is 0. The van der Waals surface area contributed by atoms with E-state index < -0.39 is 0 Å². The smallest absolute Gasteiger partial charge is 0.0467 e. The van der Waals surface area contributed by atoms with Gasteiger partial charge in [-0.1, -0.05) is 127 Å². The van der Waals surface area contributed by atoms with E-state index in [1.54, 1.807) is 0 Å². The fourth-order valence-corrected chi connectivity index (χ4v) is 10.3. The van der Waals surface area contributed by atoms with Gasteiger partial charge in [0.15, 0.2) is 0 Å². The minimum Gasteiger partial charge on any atom is -0.310 e. The summed E-state index contributed by atoms with van der Waals surface area (Å²) in [6.45, 7) is 0. The lowest BCUT2D eigenvalue weighted by Crippen LogP contribution is -2.10. The first-order valence-corrected chi connectivity index (χ1v) is 20.3. The van der Waals surface area contributed by atoms with Crippen molar-refractivity contribution in [3.8, 4) is 33.4 Å². The molecule has 0 aliphatic heterocycles. The van der Waals surface area contributed by atoms with E-state index in [1.165, 1.54) is 84.5 Å². The molecule has 11 rings (SSSR count). The van der Waals surface area contributed by atoms with Crippen molar-refractivity contribution in [2.24, 2.45) is 0 Å². The van der Waals surface area contributed by atoms with Crippen LogP contribution in [-0.2, 0) is 0 Å². The van der Waals surface area contributed by atoms with Crippen molar-refractivity contribution in [1.82, 2.24) is 0 Å². The normalized spacial score (nSPS) is 11.6. The molecule has 0 unspecified atom stereocenters. The Morgan fingerprint density at radius 1 is 0.255 bits per heavy atom. The molecule has 0 atom stereocenters. The van der Waals surface area contributed by atoms with Crippen molar-refractivity contribution in [2.75, 3.05) is 4.90 Å². The molecule has 0 amide bonds. The maximum atomic E-state index is 2.40. The summed E-state index contributed by atoms with van der Waals surface area (Å²) in [6, 6.07) is 73.6. The Kier molecular flexibility index (Phi) is 7.61. The van der Waals surface area contributed by atoms with E-state index in [4.69, 9.17) is 0 Å². The predicted molar refractivity (Wildman–Crippen MR) is 241 cm³/mol. The van der Waals surface area contributed by atoms with Gasteiger partial charge in [0.1, 0.15) is 0 Å². The number of benzene rings is 9. The summed E-state index contributed by atoms with van der Waals surface area (Å²) < 4.78 is 5.29. The van der Waals surface area contributed by atoms with Gasteiger partial charge >= 0.3 is 0 Å². The van der Waals surface area contributed by atoms with Crippen LogP contribution in [0.4, 0.5) is 17.1 Å². The topological polar surface area (TPSA) is 3.24 Å². The number of anilines is 3. The Balaban J connectivity index is 1.03. The molecule has 0 saturated carbocycles. The van der Waals surface area contributed by atoms with E-state index in [1.807, 2.05) is 22.7 Å². The molecule has 3 heteroatoms. The van der Waals surface area contributed by atoms with Gasteiger partial charge in [0.05, 0.1) is 0 Å². The molecule has 0 aliphatic rings. The lowest BCUT2D eigenvalue weighted by atomic mass is 9.99. The first-order valence-electron chi connectivity index (χ1n) is 18.6. The van der Waals surface area contributed by atoms with Crippen molar-refractivity contribution in [1.29, 1.82) is 0 Å². The Bertz CT molecular complexity index is 3220. The average molecular weight is 736 g/mol. The number of hydrogen-bond donors (Lipinski definition) is 0. The van der Waals surface area contributed by atoms with Crippen LogP contribution in [-0.4, -0.2) is 0 Å². The van der Waals surface area contributed by atoms with E-state index in [-0.39, 0.29) is 0 Å². The second-order valence-corrected chi connectivity index (χ2v) is 16.3. The highest BCUT2D eigenvalue weighted by Gasteiger charge is 2.16. The maximum absolute atomic E-state index is 2.40. The lowest BCUT2D eigenvalue weighted by Gasteiger charge is -2.27. The SMILES string of the molecule is c1cc(-c2ccc3c(c2)sc2ccccc23)cc(N(c2ccc(-c3ccc4ccccc4c3)cc2)c2cccc(-c3ccc4sc5ccccc5c4c3)c2)c1. The summed E-state index contributed by atoms with van der Waals surface area (Å²) in [5, 5.41) is 7.78. The van der Waals surface area contributed by atoms with Gasteiger partial charge in [0.25, 0.3) is 0 Å². The van der Waals surface area contributed by atoms with E-state index in [9.17, 15) is 0 Å². The Morgan fingerprint density at radius 3 is 1.51 bits per heavy atom. The van der Waals surface area contributed by atoms with E-state index >= 15 is 0 Å². The highest BCUT2D eigenvalue weighted by molar-refractivity contribution is 7.26. The van der Waals surface area contributed by atoms with Crippen LogP contribution < -0.4 is 4.90 Å². The summed E-state index contributed by atoms with van der Waals surface area (Å²) in [6.07, 6.45) is 0. The molecule has 55 heavy (non-hydrogen) atoms. The molecule has 11 aromatic rings. The standard InChI is InChI=1S/C52H33NS2/c1-2-10-36-29-39(20-19-34(36)9-1)35-21-25-42(26-22-35)53(43-13-7-11-37(30-43)40-24-28-51-48(32-40)46-16-4-6-18-50(46)54-51)44-14-8-12-38(31-44)41-23-27-47-45-15-3-5-17-49(45)55-52(47)33-41/h1-33H. The second kappa shape index (κ2) is 13.1. The largest absolute Gasteiger partial charge is 0.310 e. The van der Waals surface area contributed by atoms with Gasteiger partial charge < -0.3 is 4.90 Å². The molecule has 0 bridgehead atoms. The second-order valence-electron chi connectivity index (χ2n) is 14.2. The summed E-state index contributed by atoms with van der Waals surface area (Å²) in [4.78, 5) is 2.40. The number of hydrogen-bond acceptors (Lipinski definition) is 3. The summed E-state index contributed by atoms with van der Waals surface area (Å²) >= 11 is 3.73. The molecule has 0 fully saturated rings. The number of rotatable bonds is 6. The molecular weight excluding hydrogens is 703 g/mol. The number of nitrogens with zero attached hydrogens (tertiary/aromatic N) is 1. The Morgan fingerprint density at radius 2 is 0.764 bits per heavy atom. The van der Waals surface area contributed by atoms with Crippen molar-refractivity contribution in [3.05, 3.63) is 200 Å². The third-order valence-corrected chi connectivity index (χ3v) is 13.1. The van der Waals surface area contributed by atoms with Crippen LogP contribution in [0.2, 0.25) is 0 Å². The summed E-state index contributed by atoms with van der Waals surface area (Å²) in [5.74, 6) is 0. The maximum Gasteiger partial charge on any atom is 0.0467 e. The zero-order valence-corrected chi connectivity index (χ0v) is 31.4. The number of fused-ring (bicyclic) bond motifs is 7. The molecule has 0 radical (unpaired) electrons. The zero-order chi connectivity index (χ0) is 36.3. The predicted octanol–water partition coefficient (Wildman–Crippen LogP) is 16.0. The van der Waals surface area contributed by atoms with Crippen LogP contribution in [0.1, 0.15) is 0 Å². The van der Waals surface area contributed by atoms with Gasteiger partial charge in [-0.2, -0.15) is 0 Å². The molecule has 2 aromatic heterocycles. The lowest BCUT2D eigenvalue weighted by molar-refractivity contribution is 1.28. The van der Waals surface area contributed by atoms with Crippen LogP contribution in [0.5, 0.6) is 0 Å². The van der Waals surface area contributed by atoms with E-state index in [2.05, 4.69) is 205 Å². The molecule has 0 aliphatic carbocycles. The van der Waals surface area contributed by atoms with Crippen molar-refractivity contribution < 1.29 is 0 Å². The van der Waals surface area contributed by atoms with Gasteiger partial charge in [0, 0.05) is 57.4 Å². The minimum atomic E-state index is 1.11. The third kappa shape index (κ3) is 5.68. The minimum absolute atomic E-state index is 1.11. The van der Waals surface area contributed by atoms with Crippen LogP contribution in [0, 0.1) is 0 Å². The van der Waals surface area contributed by atoms with Crippen molar-refractivity contribution in [3.63, 3.8) is 0 Å². The molecule has 0 N–H and O–H groups in total. The van der Waals surface area contributed by atoms with Gasteiger partial charge in [-0.15, -0.1) is 22.7 Å². The average Bonchev–Trinajstić information content (AvgIpc) is 3.82. The summed E-state index contributed by atoms with van der Waals surface area (Å²) in [7, 11) is 0. The monoisotopic (exact) mass is 735 g/mol.